The Morgan fingerprint density at radius 2 is 2.05 bits per heavy atom. The summed E-state index contributed by atoms with van der Waals surface area (Å²) in [6.45, 7) is 2.18. The Bertz CT molecular complexity index is 482. The molecule has 1 fully saturated rings. The van der Waals surface area contributed by atoms with E-state index in [4.69, 9.17) is 0 Å². The molecule has 0 aromatic heterocycles. The summed E-state index contributed by atoms with van der Waals surface area (Å²) in [7, 11) is 1.80. The maximum absolute atomic E-state index is 11.2. The molecule has 0 heterocycles. The molecule has 5 heteroatoms. The Labute approximate surface area is 113 Å². The van der Waals surface area contributed by atoms with E-state index in [2.05, 4.69) is 0 Å². The summed E-state index contributed by atoms with van der Waals surface area (Å²) in [4.78, 5) is 12.6. The van der Waals surface area contributed by atoms with Gasteiger partial charge < -0.3 is 10.0 Å². The molecule has 1 aliphatic rings. The molecule has 0 unspecified atom stereocenters. The second kappa shape index (κ2) is 5.17. The van der Waals surface area contributed by atoms with Gasteiger partial charge in [-0.2, -0.15) is 0 Å². The highest BCUT2D eigenvalue weighted by molar-refractivity contribution is 5.66. The Kier molecular flexibility index (Phi) is 3.75. The molecule has 0 atom stereocenters. The van der Waals surface area contributed by atoms with E-state index in [1.54, 1.807) is 31.0 Å². The van der Waals surface area contributed by atoms with Crippen LogP contribution in [0, 0.1) is 17.0 Å². The maximum atomic E-state index is 11.2. The first kappa shape index (κ1) is 13.8. The first-order valence-electron chi connectivity index (χ1n) is 6.60. The van der Waals surface area contributed by atoms with Gasteiger partial charge in [0.1, 0.15) is 5.69 Å². The number of nitrogens with zero attached hydrogens (tertiary/aromatic N) is 2. The zero-order chi connectivity index (χ0) is 14.0. The lowest BCUT2D eigenvalue weighted by Gasteiger charge is -2.29. The molecule has 0 bridgehead atoms. The highest BCUT2D eigenvalue weighted by Crippen LogP contribution is 2.35. The molecule has 1 aromatic rings. The summed E-state index contributed by atoms with van der Waals surface area (Å²) < 4.78 is 0. The van der Waals surface area contributed by atoms with Crippen molar-refractivity contribution in [2.24, 2.45) is 0 Å². The predicted octanol–water partition coefficient (Wildman–Crippen LogP) is 2.64. The smallest absolute Gasteiger partial charge is 0.295 e. The summed E-state index contributed by atoms with van der Waals surface area (Å²) in [5.74, 6) is 0. The van der Waals surface area contributed by atoms with E-state index >= 15 is 0 Å². The molecule has 1 saturated carbocycles. The largest absolute Gasteiger partial charge is 0.388 e. The Balaban J connectivity index is 2.26. The van der Waals surface area contributed by atoms with Gasteiger partial charge in [-0.25, -0.2) is 0 Å². The number of para-hydroxylation sites is 1. The molecule has 1 N–H and O–H groups in total. The summed E-state index contributed by atoms with van der Waals surface area (Å²) in [6, 6.07) is 5.29. The third-order valence-corrected chi connectivity index (χ3v) is 3.88. The van der Waals surface area contributed by atoms with Crippen LogP contribution in [0.4, 0.5) is 11.4 Å². The van der Waals surface area contributed by atoms with Crippen LogP contribution in [0.25, 0.3) is 0 Å². The lowest BCUT2D eigenvalue weighted by molar-refractivity contribution is -0.384. The predicted molar refractivity (Wildman–Crippen MR) is 74.5 cm³/mol. The third-order valence-electron chi connectivity index (χ3n) is 3.88. The molecule has 1 aromatic carbocycles. The summed E-state index contributed by atoms with van der Waals surface area (Å²) in [6.07, 6.45) is 3.61. The van der Waals surface area contributed by atoms with Gasteiger partial charge in [0.2, 0.25) is 0 Å². The van der Waals surface area contributed by atoms with E-state index in [0.29, 0.717) is 17.8 Å². The fraction of sp³-hybridized carbons (Fsp3) is 0.571. The van der Waals surface area contributed by atoms with Crippen LogP contribution < -0.4 is 4.90 Å². The van der Waals surface area contributed by atoms with Crippen molar-refractivity contribution in [1.29, 1.82) is 0 Å². The number of hydrogen-bond donors (Lipinski definition) is 1. The number of likely N-dealkylation sites (N-methyl/N-ethyl adjacent to an activating group) is 1. The Hall–Kier alpha value is -1.62. The fourth-order valence-electron chi connectivity index (χ4n) is 2.91. The SMILES string of the molecule is Cc1cccc(N(C)CC2(O)CCCC2)c1[N+](=O)[O-]. The molecular formula is C14H20N2O3. The average Bonchev–Trinajstić information content (AvgIpc) is 2.74. The van der Waals surface area contributed by atoms with E-state index in [-0.39, 0.29) is 10.6 Å². The van der Waals surface area contributed by atoms with E-state index in [0.717, 1.165) is 25.7 Å². The number of anilines is 1. The molecule has 5 nitrogen and oxygen atoms in total. The van der Waals surface area contributed by atoms with Crippen molar-refractivity contribution < 1.29 is 10.0 Å². The van der Waals surface area contributed by atoms with Crippen LogP contribution in [0.5, 0.6) is 0 Å². The van der Waals surface area contributed by atoms with Crippen LogP contribution in [-0.2, 0) is 0 Å². The van der Waals surface area contributed by atoms with Crippen molar-refractivity contribution in [3.8, 4) is 0 Å². The van der Waals surface area contributed by atoms with Crippen LogP contribution in [0.15, 0.2) is 18.2 Å². The molecule has 0 amide bonds. The molecule has 0 saturated heterocycles. The van der Waals surface area contributed by atoms with E-state index < -0.39 is 5.60 Å². The van der Waals surface area contributed by atoms with Gasteiger partial charge in [0.15, 0.2) is 0 Å². The van der Waals surface area contributed by atoms with E-state index in [9.17, 15) is 15.2 Å². The number of nitro benzene ring substituents is 1. The van der Waals surface area contributed by atoms with Gasteiger partial charge in [0.25, 0.3) is 5.69 Å². The number of rotatable bonds is 4. The molecule has 0 spiro atoms. The summed E-state index contributed by atoms with van der Waals surface area (Å²) in [5, 5.41) is 21.6. The number of benzene rings is 1. The maximum Gasteiger partial charge on any atom is 0.295 e. The lowest BCUT2D eigenvalue weighted by atomic mass is 10.0. The molecule has 19 heavy (non-hydrogen) atoms. The van der Waals surface area contributed by atoms with Gasteiger partial charge in [-0.15, -0.1) is 0 Å². The van der Waals surface area contributed by atoms with Crippen LogP contribution >= 0.6 is 0 Å². The fourth-order valence-corrected chi connectivity index (χ4v) is 2.91. The van der Waals surface area contributed by atoms with Gasteiger partial charge in [-0.1, -0.05) is 25.0 Å². The first-order chi connectivity index (χ1) is 8.93. The highest BCUT2D eigenvalue weighted by atomic mass is 16.6. The zero-order valence-electron chi connectivity index (χ0n) is 11.4. The number of hydrogen-bond acceptors (Lipinski definition) is 4. The Morgan fingerprint density at radius 1 is 1.42 bits per heavy atom. The highest BCUT2D eigenvalue weighted by Gasteiger charge is 2.33. The van der Waals surface area contributed by atoms with Crippen molar-refractivity contribution >= 4 is 11.4 Å². The lowest BCUT2D eigenvalue weighted by Crippen LogP contribution is -2.39. The summed E-state index contributed by atoms with van der Waals surface area (Å²) in [5.41, 5.74) is 0.650. The standard InChI is InChI=1S/C14H20N2O3/c1-11-6-5-7-12(13(11)16(18)19)15(2)10-14(17)8-3-4-9-14/h5-7,17H,3-4,8-10H2,1-2H3. The second-order valence-corrected chi connectivity index (χ2v) is 5.49. The topological polar surface area (TPSA) is 66.6 Å². The van der Waals surface area contributed by atoms with E-state index in [1.165, 1.54) is 0 Å². The number of aryl methyl sites for hydroxylation is 1. The molecular weight excluding hydrogens is 244 g/mol. The van der Waals surface area contributed by atoms with Crippen molar-refractivity contribution in [2.45, 2.75) is 38.2 Å². The van der Waals surface area contributed by atoms with Crippen LogP contribution in [0.3, 0.4) is 0 Å². The van der Waals surface area contributed by atoms with Crippen LogP contribution in [0.1, 0.15) is 31.2 Å². The second-order valence-electron chi connectivity index (χ2n) is 5.49. The van der Waals surface area contributed by atoms with Crippen molar-refractivity contribution in [2.75, 3.05) is 18.5 Å². The molecule has 104 valence electrons. The van der Waals surface area contributed by atoms with Gasteiger partial charge >= 0.3 is 0 Å². The molecule has 1 aliphatic carbocycles. The third kappa shape index (κ3) is 2.87. The van der Waals surface area contributed by atoms with Gasteiger partial charge in [-0.05, 0) is 25.8 Å². The Morgan fingerprint density at radius 3 is 2.63 bits per heavy atom. The van der Waals surface area contributed by atoms with Gasteiger partial charge in [0.05, 0.1) is 10.5 Å². The summed E-state index contributed by atoms with van der Waals surface area (Å²) >= 11 is 0. The quantitative estimate of drug-likeness (QED) is 0.670. The number of nitro groups is 1. The number of aliphatic hydroxyl groups is 1. The first-order valence-corrected chi connectivity index (χ1v) is 6.60. The normalized spacial score (nSPS) is 17.4. The van der Waals surface area contributed by atoms with Crippen LogP contribution in [-0.4, -0.2) is 29.2 Å². The molecule has 0 aliphatic heterocycles. The van der Waals surface area contributed by atoms with Crippen molar-refractivity contribution in [3.63, 3.8) is 0 Å². The molecule has 2 rings (SSSR count). The van der Waals surface area contributed by atoms with Crippen molar-refractivity contribution in [1.82, 2.24) is 0 Å². The average molecular weight is 264 g/mol. The minimum absolute atomic E-state index is 0.131. The minimum atomic E-state index is -0.702. The van der Waals surface area contributed by atoms with Crippen molar-refractivity contribution in [3.05, 3.63) is 33.9 Å². The van der Waals surface area contributed by atoms with Gasteiger partial charge in [0, 0.05) is 19.2 Å². The van der Waals surface area contributed by atoms with E-state index in [1.807, 2.05) is 6.07 Å². The van der Waals surface area contributed by atoms with Gasteiger partial charge in [-0.3, -0.25) is 10.1 Å². The molecule has 0 radical (unpaired) electrons. The zero-order valence-corrected chi connectivity index (χ0v) is 11.4. The van der Waals surface area contributed by atoms with Crippen LogP contribution in [0.2, 0.25) is 0 Å². The monoisotopic (exact) mass is 264 g/mol. The minimum Gasteiger partial charge on any atom is -0.388 e.